The second-order valence-corrected chi connectivity index (χ2v) is 6.19. The molecule has 0 aliphatic carbocycles. The molecule has 0 radical (unpaired) electrons. The molecule has 26 heavy (non-hydrogen) atoms. The van der Waals surface area contributed by atoms with Gasteiger partial charge in [-0.15, -0.1) is 0 Å². The van der Waals surface area contributed by atoms with Gasteiger partial charge in [-0.25, -0.2) is 0 Å². The Morgan fingerprint density at radius 3 is 2.38 bits per heavy atom. The number of para-hydroxylation sites is 1. The average molecular weight is 361 g/mol. The van der Waals surface area contributed by atoms with Gasteiger partial charge in [0.25, 0.3) is 5.91 Å². The number of rotatable bonds is 5. The van der Waals surface area contributed by atoms with Gasteiger partial charge >= 0.3 is 6.61 Å². The number of carbonyl (C=O) groups is 1. The molecule has 1 aliphatic rings. The van der Waals surface area contributed by atoms with Crippen molar-refractivity contribution in [1.82, 2.24) is 4.90 Å². The molecule has 1 fully saturated rings. The third-order valence-corrected chi connectivity index (χ3v) is 4.69. The van der Waals surface area contributed by atoms with E-state index in [-0.39, 0.29) is 23.0 Å². The standard InChI is InChI=1S/C20H21F2NO3/c1-25-17-9-5-8-16(18(17)26-20(21)22)19(24)23-12-10-15(11-13-23)14-6-3-2-4-7-14/h2-9,15,20H,10-13H2,1H3. The summed E-state index contributed by atoms with van der Waals surface area (Å²) in [5.74, 6) is 0.00362. The van der Waals surface area contributed by atoms with Gasteiger partial charge in [-0.3, -0.25) is 4.79 Å². The Morgan fingerprint density at radius 1 is 1.08 bits per heavy atom. The zero-order valence-corrected chi connectivity index (χ0v) is 14.5. The van der Waals surface area contributed by atoms with E-state index >= 15 is 0 Å². The lowest BCUT2D eigenvalue weighted by atomic mass is 9.89. The summed E-state index contributed by atoms with van der Waals surface area (Å²) in [6.45, 7) is -1.88. The molecule has 4 nitrogen and oxygen atoms in total. The van der Waals surface area contributed by atoms with E-state index in [4.69, 9.17) is 4.74 Å². The predicted molar refractivity (Wildman–Crippen MR) is 93.9 cm³/mol. The van der Waals surface area contributed by atoms with E-state index in [1.165, 1.54) is 24.8 Å². The largest absolute Gasteiger partial charge is 0.493 e. The van der Waals surface area contributed by atoms with Crippen molar-refractivity contribution < 1.29 is 23.0 Å². The minimum atomic E-state index is -3.03. The highest BCUT2D eigenvalue weighted by Crippen LogP contribution is 2.35. The molecule has 1 aliphatic heterocycles. The van der Waals surface area contributed by atoms with E-state index in [1.807, 2.05) is 18.2 Å². The van der Waals surface area contributed by atoms with E-state index in [0.29, 0.717) is 19.0 Å². The van der Waals surface area contributed by atoms with E-state index in [1.54, 1.807) is 11.0 Å². The van der Waals surface area contributed by atoms with Crippen LogP contribution in [0, 0.1) is 0 Å². The van der Waals surface area contributed by atoms with Crippen LogP contribution < -0.4 is 9.47 Å². The first-order valence-electron chi connectivity index (χ1n) is 8.56. The first-order valence-corrected chi connectivity index (χ1v) is 8.56. The normalized spacial score (nSPS) is 15.2. The van der Waals surface area contributed by atoms with E-state index < -0.39 is 6.61 Å². The molecule has 0 unspecified atom stereocenters. The molecule has 6 heteroatoms. The van der Waals surface area contributed by atoms with Crippen LogP contribution in [0.25, 0.3) is 0 Å². The third kappa shape index (κ3) is 3.95. The monoisotopic (exact) mass is 361 g/mol. The van der Waals surface area contributed by atoms with Crippen molar-refractivity contribution in [3.05, 3.63) is 59.7 Å². The van der Waals surface area contributed by atoms with Crippen LogP contribution in [0.2, 0.25) is 0 Å². The van der Waals surface area contributed by atoms with E-state index in [2.05, 4.69) is 16.9 Å². The molecule has 3 rings (SSSR count). The number of alkyl halides is 2. The van der Waals surface area contributed by atoms with Crippen molar-refractivity contribution in [2.75, 3.05) is 20.2 Å². The van der Waals surface area contributed by atoms with Crippen LogP contribution in [-0.4, -0.2) is 37.6 Å². The fraction of sp³-hybridized carbons (Fsp3) is 0.350. The van der Waals surface area contributed by atoms with Crippen molar-refractivity contribution in [3.8, 4) is 11.5 Å². The van der Waals surface area contributed by atoms with Crippen LogP contribution in [0.5, 0.6) is 11.5 Å². The number of hydrogen-bond acceptors (Lipinski definition) is 3. The van der Waals surface area contributed by atoms with Gasteiger partial charge in [-0.1, -0.05) is 36.4 Å². The molecule has 1 saturated heterocycles. The fourth-order valence-electron chi connectivity index (χ4n) is 3.37. The van der Waals surface area contributed by atoms with Gasteiger partial charge in [0, 0.05) is 13.1 Å². The summed E-state index contributed by atoms with van der Waals surface area (Å²) in [6.07, 6.45) is 1.68. The summed E-state index contributed by atoms with van der Waals surface area (Å²) < 4.78 is 35.2. The Labute approximate surface area is 151 Å². The summed E-state index contributed by atoms with van der Waals surface area (Å²) in [7, 11) is 1.35. The highest BCUT2D eigenvalue weighted by Gasteiger charge is 2.28. The van der Waals surface area contributed by atoms with Gasteiger partial charge in [0.1, 0.15) is 0 Å². The van der Waals surface area contributed by atoms with Crippen molar-refractivity contribution in [1.29, 1.82) is 0 Å². The quantitative estimate of drug-likeness (QED) is 0.796. The lowest BCUT2D eigenvalue weighted by Crippen LogP contribution is -2.38. The maximum Gasteiger partial charge on any atom is 0.387 e. The van der Waals surface area contributed by atoms with E-state index in [9.17, 15) is 13.6 Å². The number of benzene rings is 2. The highest BCUT2D eigenvalue weighted by molar-refractivity contribution is 5.98. The number of halogens is 2. The zero-order chi connectivity index (χ0) is 18.5. The molecular formula is C20H21F2NO3. The SMILES string of the molecule is COc1cccc(C(=O)N2CCC(c3ccccc3)CC2)c1OC(F)F. The molecule has 0 atom stereocenters. The molecule has 0 bridgehead atoms. The molecule has 0 aromatic heterocycles. The van der Waals surface area contributed by atoms with Crippen LogP contribution >= 0.6 is 0 Å². The minimum absolute atomic E-state index is 0.0998. The molecule has 0 saturated carbocycles. The van der Waals surface area contributed by atoms with Crippen molar-refractivity contribution >= 4 is 5.91 Å². The number of hydrogen-bond donors (Lipinski definition) is 0. The molecule has 138 valence electrons. The van der Waals surface area contributed by atoms with Gasteiger partial charge in [0.2, 0.25) is 0 Å². The number of nitrogens with zero attached hydrogens (tertiary/aromatic N) is 1. The maximum atomic E-state index is 12.9. The van der Waals surface area contributed by atoms with Gasteiger partial charge in [-0.05, 0) is 36.5 Å². The predicted octanol–water partition coefficient (Wildman–Crippen LogP) is 4.32. The number of ether oxygens (including phenoxy) is 2. The second kappa shape index (κ2) is 8.17. The molecule has 0 spiro atoms. The Morgan fingerprint density at radius 2 is 1.77 bits per heavy atom. The molecule has 2 aromatic rings. The van der Waals surface area contributed by atoms with Crippen LogP contribution in [0.1, 0.15) is 34.7 Å². The van der Waals surface area contributed by atoms with Crippen molar-refractivity contribution in [3.63, 3.8) is 0 Å². The molecule has 2 aromatic carbocycles. The second-order valence-electron chi connectivity index (χ2n) is 6.19. The number of likely N-dealkylation sites (tertiary alicyclic amines) is 1. The summed E-state index contributed by atoms with van der Waals surface area (Å²) >= 11 is 0. The zero-order valence-electron chi connectivity index (χ0n) is 14.5. The first-order chi connectivity index (χ1) is 12.6. The summed E-state index contributed by atoms with van der Waals surface area (Å²) in [5.41, 5.74) is 1.37. The lowest BCUT2D eigenvalue weighted by Gasteiger charge is -2.32. The Balaban J connectivity index is 1.74. The Bertz CT molecular complexity index is 744. The average Bonchev–Trinajstić information content (AvgIpc) is 2.68. The molecular weight excluding hydrogens is 340 g/mol. The number of carbonyl (C=O) groups excluding carboxylic acids is 1. The smallest absolute Gasteiger partial charge is 0.387 e. The Hall–Kier alpha value is -2.63. The van der Waals surface area contributed by atoms with Gasteiger partial charge in [-0.2, -0.15) is 8.78 Å². The summed E-state index contributed by atoms with van der Waals surface area (Å²) in [5, 5.41) is 0. The number of methoxy groups -OCH3 is 1. The topological polar surface area (TPSA) is 38.8 Å². The van der Waals surface area contributed by atoms with Crippen molar-refractivity contribution in [2.24, 2.45) is 0 Å². The Kier molecular flexibility index (Phi) is 5.71. The summed E-state index contributed by atoms with van der Waals surface area (Å²) in [4.78, 5) is 14.5. The number of amides is 1. The summed E-state index contributed by atoms with van der Waals surface area (Å²) in [6, 6.07) is 14.8. The fourth-order valence-corrected chi connectivity index (χ4v) is 3.37. The lowest BCUT2D eigenvalue weighted by molar-refractivity contribution is -0.0516. The van der Waals surface area contributed by atoms with Gasteiger partial charge in [0.15, 0.2) is 11.5 Å². The molecule has 1 heterocycles. The van der Waals surface area contributed by atoms with Crippen LogP contribution in [0.3, 0.4) is 0 Å². The minimum Gasteiger partial charge on any atom is -0.493 e. The van der Waals surface area contributed by atoms with Crippen LogP contribution in [0.4, 0.5) is 8.78 Å². The number of piperidine rings is 1. The van der Waals surface area contributed by atoms with Crippen LogP contribution in [-0.2, 0) is 0 Å². The molecule has 0 N–H and O–H groups in total. The highest BCUT2D eigenvalue weighted by atomic mass is 19.3. The maximum absolute atomic E-state index is 12.9. The van der Waals surface area contributed by atoms with E-state index in [0.717, 1.165) is 12.8 Å². The van der Waals surface area contributed by atoms with Gasteiger partial charge in [0.05, 0.1) is 12.7 Å². The van der Waals surface area contributed by atoms with Crippen LogP contribution in [0.15, 0.2) is 48.5 Å². The van der Waals surface area contributed by atoms with Gasteiger partial charge < -0.3 is 14.4 Å². The first kappa shape index (κ1) is 18.2. The third-order valence-electron chi connectivity index (χ3n) is 4.69. The molecule has 1 amide bonds. The van der Waals surface area contributed by atoms with Crippen molar-refractivity contribution in [2.45, 2.75) is 25.4 Å².